The minimum atomic E-state index is 0.696. The molecule has 3 N–H and O–H groups in total. The van der Waals surface area contributed by atoms with E-state index in [1.54, 1.807) is 13.2 Å². The van der Waals surface area contributed by atoms with E-state index in [-0.39, 0.29) is 0 Å². The van der Waals surface area contributed by atoms with Crippen molar-refractivity contribution < 1.29 is 4.74 Å². The molecule has 3 nitrogen and oxygen atoms in total. The lowest BCUT2D eigenvalue weighted by Crippen LogP contribution is -2.02. The lowest BCUT2D eigenvalue weighted by molar-refractivity contribution is 0.415. The fourth-order valence-corrected chi connectivity index (χ4v) is 1.85. The highest BCUT2D eigenvalue weighted by Crippen LogP contribution is 2.22. The molecule has 0 saturated heterocycles. The largest absolute Gasteiger partial charge is 0.497 e. The van der Waals surface area contributed by atoms with E-state index >= 15 is 0 Å². The van der Waals surface area contributed by atoms with Crippen molar-refractivity contribution >= 4 is 11.4 Å². The third kappa shape index (κ3) is 2.94. The Kier molecular flexibility index (Phi) is 3.72. The van der Waals surface area contributed by atoms with E-state index < -0.39 is 0 Å². The quantitative estimate of drug-likeness (QED) is 0.809. The number of nitrogens with two attached hydrogens (primary N) is 1. The van der Waals surface area contributed by atoms with Crippen LogP contribution in [0.5, 0.6) is 5.75 Å². The fourth-order valence-electron chi connectivity index (χ4n) is 1.85. The summed E-state index contributed by atoms with van der Waals surface area (Å²) in [7, 11) is 1.64. The van der Waals surface area contributed by atoms with Crippen LogP contribution in [-0.4, -0.2) is 7.11 Å². The maximum atomic E-state index is 5.81. The Labute approximate surface area is 108 Å². The zero-order chi connectivity index (χ0) is 13.0. The summed E-state index contributed by atoms with van der Waals surface area (Å²) < 4.78 is 5.19. The van der Waals surface area contributed by atoms with Crippen LogP contribution in [0.15, 0.2) is 42.5 Å². The Hall–Kier alpha value is -2.16. The van der Waals surface area contributed by atoms with Gasteiger partial charge in [-0.2, -0.15) is 0 Å². The summed E-state index contributed by atoms with van der Waals surface area (Å²) >= 11 is 0. The molecule has 0 aromatic heterocycles. The van der Waals surface area contributed by atoms with E-state index in [9.17, 15) is 0 Å². The number of benzene rings is 2. The first-order chi connectivity index (χ1) is 8.69. The minimum absolute atomic E-state index is 0.696. The Morgan fingerprint density at radius 2 is 1.94 bits per heavy atom. The van der Waals surface area contributed by atoms with Crippen molar-refractivity contribution in [3.8, 4) is 5.75 Å². The molecule has 2 rings (SSSR count). The van der Waals surface area contributed by atoms with Crippen molar-refractivity contribution in [3.63, 3.8) is 0 Å². The summed E-state index contributed by atoms with van der Waals surface area (Å²) in [4.78, 5) is 0. The van der Waals surface area contributed by atoms with Gasteiger partial charge in [-0.05, 0) is 24.1 Å². The number of hydrogen-bond donors (Lipinski definition) is 2. The van der Waals surface area contributed by atoms with Gasteiger partial charge in [0.15, 0.2) is 0 Å². The highest BCUT2D eigenvalue weighted by Gasteiger charge is 2.00. The highest BCUT2D eigenvalue weighted by molar-refractivity contribution is 5.59. The van der Waals surface area contributed by atoms with Crippen molar-refractivity contribution in [1.82, 2.24) is 0 Å². The molecule has 3 heteroatoms. The maximum Gasteiger partial charge on any atom is 0.122 e. The fraction of sp³-hybridized carbons (Fsp3) is 0.200. The van der Waals surface area contributed by atoms with Gasteiger partial charge in [-0.3, -0.25) is 0 Å². The molecule has 0 amide bonds. The van der Waals surface area contributed by atoms with Crippen molar-refractivity contribution in [2.45, 2.75) is 13.5 Å². The molecule has 0 unspecified atom stereocenters. The summed E-state index contributed by atoms with van der Waals surface area (Å²) in [5.41, 5.74) is 10.0. The second kappa shape index (κ2) is 5.45. The van der Waals surface area contributed by atoms with Crippen LogP contribution < -0.4 is 15.8 Å². The molecule has 0 aliphatic rings. The van der Waals surface area contributed by atoms with Crippen LogP contribution in [0, 0.1) is 6.92 Å². The van der Waals surface area contributed by atoms with E-state index in [1.807, 2.05) is 24.3 Å². The molecule has 0 spiro atoms. The summed E-state index contributed by atoms with van der Waals surface area (Å²) in [5.74, 6) is 0.766. The zero-order valence-corrected chi connectivity index (χ0v) is 10.7. The first kappa shape index (κ1) is 12.3. The number of ether oxygens (including phenoxy) is 1. The minimum Gasteiger partial charge on any atom is -0.497 e. The average molecular weight is 242 g/mol. The maximum absolute atomic E-state index is 5.81. The standard InChI is InChI=1S/C15H18N2O/c1-11-5-3-4-6-12(11)10-17-14-7-13(16)8-15(9-14)18-2/h3-9,17H,10,16H2,1-2H3. The number of rotatable bonds is 4. The van der Waals surface area contributed by atoms with Gasteiger partial charge >= 0.3 is 0 Å². The number of anilines is 2. The third-order valence-electron chi connectivity index (χ3n) is 2.91. The molecule has 0 fully saturated rings. The predicted molar refractivity (Wildman–Crippen MR) is 75.9 cm³/mol. The van der Waals surface area contributed by atoms with Crippen molar-refractivity contribution in [2.75, 3.05) is 18.2 Å². The molecule has 0 radical (unpaired) electrons. The zero-order valence-electron chi connectivity index (χ0n) is 10.7. The lowest BCUT2D eigenvalue weighted by atomic mass is 10.1. The van der Waals surface area contributed by atoms with Crippen LogP contribution in [-0.2, 0) is 6.54 Å². The monoisotopic (exact) mass is 242 g/mol. The van der Waals surface area contributed by atoms with Gasteiger partial charge in [0, 0.05) is 30.1 Å². The van der Waals surface area contributed by atoms with Gasteiger partial charge in [-0.1, -0.05) is 24.3 Å². The summed E-state index contributed by atoms with van der Waals surface area (Å²) in [6, 6.07) is 14.0. The van der Waals surface area contributed by atoms with Gasteiger partial charge in [0.05, 0.1) is 7.11 Å². The smallest absolute Gasteiger partial charge is 0.122 e. The second-order valence-corrected chi connectivity index (χ2v) is 4.27. The van der Waals surface area contributed by atoms with Gasteiger partial charge in [-0.15, -0.1) is 0 Å². The van der Waals surface area contributed by atoms with E-state index in [2.05, 4.69) is 24.4 Å². The van der Waals surface area contributed by atoms with Crippen LogP contribution in [0.1, 0.15) is 11.1 Å². The first-order valence-electron chi connectivity index (χ1n) is 5.92. The van der Waals surface area contributed by atoms with Gasteiger partial charge in [0.1, 0.15) is 5.75 Å². The van der Waals surface area contributed by atoms with Crippen LogP contribution in [0.2, 0.25) is 0 Å². The molecular weight excluding hydrogens is 224 g/mol. The number of aryl methyl sites for hydroxylation is 1. The van der Waals surface area contributed by atoms with E-state index in [1.165, 1.54) is 11.1 Å². The summed E-state index contributed by atoms with van der Waals surface area (Å²) in [6.45, 7) is 2.89. The van der Waals surface area contributed by atoms with Crippen molar-refractivity contribution in [3.05, 3.63) is 53.6 Å². The third-order valence-corrected chi connectivity index (χ3v) is 2.91. The van der Waals surface area contributed by atoms with Gasteiger partial charge in [0.25, 0.3) is 0 Å². The molecule has 2 aromatic rings. The molecule has 0 aliphatic carbocycles. The van der Waals surface area contributed by atoms with E-state index in [0.717, 1.165) is 18.0 Å². The van der Waals surface area contributed by atoms with Crippen LogP contribution in [0.25, 0.3) is 0 Å². The Morgan fingerprint density at radius 1 is 1.17 bits per heavy atom. The second-order valence-electron chi connectivity index (χ2n) is 4.27. The number of hydrogen-bond acceptors (Lipinski definition) is 3. The van der Waals surface area contributed by atoms with Gasteiger partial charge < -0.3 is 15.8 Å². The van der Waals surface area contributed by atoms with Gasteiger partial charge in [0.2, 0.25) is 0 Å². The summed E-state index contributed by atoms with van der Waals surface area (Å²) in [5, 5.41) is 3.36. The molecule has 18 heavy (non-hydrogen) atoms. The Balaban J connectivity index is 2.11. The normalized spacial score (nSPS) is 10.1. The molecule has 0 heterocycles. The molecule has 0 aliphatic heterocycles. The molecule has 0 saturated carbocycles. The van der Waals surface area contributed by atoms with E-state index in [0.29, 0.717) is 5.69 Å². The summed E-state index contributed by atoms with van der Waals surface area (Å²) in [6.07, 6.45) is 0. The molecule has 0 bridgehead atoms. The van der Waals surface area contributed by atoms with E-state index in [4.69, 9.17) is 10.5 Å². The van der Waals surface area contributed by atoms with Crippen LogP contribution in [0.3, 0.4) is 0 Å². The molecular formula is C15H18N2O. The Morgan fingerprint density at radius 3 is 2.67 bits per heavy atom. The van der Waals surface area contributed by atoms with Crippen LogP contribution in [0.4, 0.5) is 11.4 Å². The number of nitrogens with one attached hydrogen (secondary N) is 1. The van der Waals surface area contributed by atoms with Crippen LogP contribution >= 0.6 is 0 Å². The molecule has 2 aromatic carbocycles. The number of methoxy groups -OCH3 is 1. The topological polar surface area (TPSA) is 47.3 Å². The first-order valence-corrected chi connectivity index (χ1v) is 5.92. The molecule has 94 valence electrons. The molecule has 0 atom stereocenters. The lowest BCUT2D eigenvalue weighted by Gasteiger charge is -2.11. The Bertz CT molecular complexity index is 538. The van der Waals surface area contributed by atoms with Crippen molar-refractivity contribution in [2.24, 2.45) is 0 Å². The van der Waals surface area contributed by atoms with Gasteiger partial charge in [-0.25, -0.2) is 0 Å². The predicted octanol–water partition coefficient (Wildman–Crippen LogP) is 3.20. The van der Waals surface area contributed by atoms with Crippen molar-refractivity contribution in [1.29, 1.82) is 0 Å². The SMILES string of the molecule is COc1cc(N)cc(NCc2ccccc2C)c1. The number of nitrogen functional groups attached to an aromatic ring is 1. The highest BCUT2D eigenvalue weighted by atomic mass is 16.5. The average Bonchev–Trinajstić information content (AvgIpc) is 2.37.